The normalized spacial score (nSPS) is 7.05. The van der Waals surface area contributed by atoms with E-state index in [0.717, 1.165) is 27.3 Å². The zero-order valence-corrected chi connectivity index (χ0v) is 15.5. The number of aliphatic hydroxyl groups is 1. The number of aliphatic hydroxyl groups excluding tert-OH is 1. The van der Waals surface area contributed by atoms with Gasteiger partial charge in [-0.3, -0.25) is 14.4 Å². The van der Waals surface area contributed by atoms with Crippen molar-refractivity contribution in [2.75, 3.05) is 26.2 Å². The van der Waals surface area contributed by atoms with Crippen LogP contribution < -0.4 is 62.4 Å². The summed E-state index contributed by atoms with van der Waals surface area (Å²) < 4.78 is 0. The standard InChI is InChI=1S/C4H12N2O.3C2H4O2.K.H/c5-1-2-6-3-4-7;3*1-2(3)4;;/h6-7H,1-5H2;3*1H3,(H,3,4);;/q;;;;+1;-1. The van der Waals surface area contributed by atoms with E-state index in [4.69, 9.17) is 40.5 Å². The molecule has 7 N–H and O–H groups in total. The summed E-state index contributed by atoms with van der Waals surface area (Å²) in [6, 6.07) is 0. The summed E-state index contributed by atoms with van der Waals surface area (Å²) in [5.41, 5.74) is 5.13. The predicted octanol–water partition coefficient (Wildman–Crippen LogP) is -4.08. The largest absolute Gasteiger partial charge is 1.00 e. The molecule has 0 radical (unpaired) electrons. The fourth-order valence-corrected chi connectivity index (χ4v) is 0.306. The molecule has 0 aliphatic carbocycles. The van der Waals surface area contributed by atoms with Crippen molar-refractivity contribution in [2.45, 2.75) is 20.8 Å². The molecule has 0 heterocycles. The van der Waals surface area contributed by atoms with Gasteiger partial charge >= 0.3 is 51.4 Å². The molecule has 0 spiro atoms. The van der Waals surface area contributed by atoms with Gasteiger partial charge in [0.05, 0.1) is 6.61 Å². The summed E-state index contributed by atoms with van der Waals surface area (Å²) in [6.07, 6.45) is 0. The topological polar surface area (TPSA) is 170 Å². The maximum absolute atomic E-state index is 9.00. The molecule has 0 aliphatic rings. The molecule has 118 valence electrons. The van der Waals surface area contributed by atoms with E-state index in [1.807, 2.05) is 0 Å². The molecule has 0 bridgehead atoms. The number of nitrogens with two attached hydrogens (primary N) is 1. The average molecular weight is 324 g/mol. The molecule has 20 heavy (non-hydrogen) atoms. The van der Waals surface area contributed by atoms with E-state index in [9.17, 15) is 0 Å². The first-order chi connectivity index (χ1) is 8.61. The van der Waals surface area contributed by atoms with Gasteiger partial charge in [-0.15, -0.1) is 0 Å². The quantitative estimate of drug-likeness (QED) is 0.222. The molecule has 0 saturated carbocycles. The smallest absolute Gasteiger partial charge is 1.00 e. The second-order valence-corrected chi connectivity index (χ2v) is 2.82. The van der Waals surface area contributed by atoms with Crippen molar-refractivity contribution in [2.24, 2.45) is 5.73 Å². The number of carbonyl (C=O) groups is 3. The van der Waals surface area contributed by atoms with Gasteiger partial charge in [0.25, 0.3) is 17.9 Å². The monoisotopic (exact) mass is 324 g/mol. The number of aliphatic carboxylic acids is 3. The number of carboxylic acids is 3. The molecule has 0 amide bonds. The van der Waals surface area contributed by atoms with Crippen molar-refractivity contribution in [3.63, 3.8) is 0 Å². The van der Waals surface area contributed by atoms with Crippen LogP contribution in [0.5, 0.6) is 0 Å². The Hall–Kier alpha value is -0.0736. The van der Waals surface area contributed by atoms with Gasteiger partial charge < -0.3 is 32.9 Å². The van der Waals surface area contributed by atoms with E-state index in [-0.39, 0.29) is 59.4 Å². The van der Waals surface area contributed by atoms with Crippen molar-refractivity contribution in [3.8, 4) is 0 Å². The van der Waals surface area contributed by atoms with Gasteiger partial charge in [0, 0.05) is 40.4 Å². The zero-order valence-electron chi connectivity index (χ0n) is 13.4. The van der Waals surface area contributed by atoms with Crippen LogP contribution in [-0.4, -0.2) is 64.6 Å². The molecule has 9 nitrogen and oxygen atoms in total. The molecule has 0 saturated heterocycles. The van der Waals surface area contributed by atoms with E-state index in [0.29, 0.717) is 13.1 Å². The van der Waals surface area contributed by atoms with E-state index in [1.165, 1.54) is 0 Å². The fraction of sp³-hybridized carbons (Fsp3) is 0.700. The number of rotatable bonds is 4. The van der Waals surface area contributed by atoms with Crippen molar-refractivity contribution in [1.82, 2.24) is 5.32 Å². The molecule has 0 fully saturated rings. The molecule has 0 unspecified atom stereocenters. The third-order valence-corrected chi connectivity index (χ3v) is 0.610. The Balaban J connectivity index is -0.0000000359. The van der Waals surface area contributed by atoms with Crippen LogP contribution in [0.25, 0.3) is 0 Å². The number of nitrogens with one attached hydrogen (secondary N) is 1. The van der Waals surface area contributed by atoms with Gasteiger partial charge in [-0.1, -0.05) is 0 Å². The van der Waals surface area contributed by atoms with Crippen LogP contribution in [0.4, 0.5) is 0 Å². The summed E-state index contributed by atoms with van der Waals surface area (Å²) in [4.78, 5) is 27.0. The predicted molar refractivity (Wildman–Crippen MR) is 70.1 cm³/mol. The maximum atomic E-state index is 9.00. The molecule has 0 aromatic heterocycles. The first-order valence-corrected chi connectivity index (χ1v) is 5.21. The molecular formula is C10H25KN2O7. The second kappa shape index (κ2) is 31.4. The Kier molecular flexibility index (Phi) is 50.2. The Bertz CT molecular complexity index is 189. The van der Waals surface area contributed by atoms with Gasteiger partial charge in [0.1, 0.15) is 0 Å². The molecule has 0 aromatic rings. The maximum Gasteiger partial charge on any atom is 1.00 e. The van der Waals surface area contributed by atoms with Crippen LogP contribution in [-0.2, 0) is 14.4 Å². The molecule has 0 aliphatic heterocycles. The van der Waals surface area contributed by atoms with E-state index < -0.39 is 17.9 Å². The van der Waals surface area contributed by atoms with E-state index in [1.54, 1.807) is 0 Å². The fourth-order valence-electron chi connectivity index (χ4n) is 0.306. The van der Waals surface area contributed by atoms with Crippen molar-refractivity contribution >= 4 is 17.9 Å². The minimum absolute atomic E-state index is 0. The van der Waals surface area contributed by atoms with Gasteiger partial charge in [-0.05, 0) is 0 Å². The zero-order chi connectivity index (χ0) is 16.3. The third kappa shape index (κ3) is 333. The Morgan fingerprint density at radius 1 is 0.950 bits per heavy atom. The molecule has 0 atom stereocenters. The summed E-state index contributed by atoms with van der Waals surface area (Å²) in [5.74, 6) is -2.50. The Labute approximate surface area is 162 Å². The Morgan fingerprint density at radius 3 is 1.35 bits per heavy atom. The number of hydrogen-bond acceptors (Lipinski definition) is 6. The van der Waals surface area contributed by atoms with Gasteiger partial charge in [0.15, 0.2) is 0 Å². The first-order valence-electron chi connectivity index (χ1n) is 5.21. The van der Waals surface area contributed by atoms with Crippen molar-refractivity contribution in [3.05, 3.63) is 0 Å². The van der Waals surface area contributed by atoms with Crippen LogP contribution in [0.1, 0.15) is 22.2 Å². The number of hydrogen-bond donors (Lipinski definition) is 6. The van der Waals surface area contributed by atoms with E-state index >= 15 is 0 Å². The van der Waals surface area contributed by atoms with Crippen LogP contribution in [0.2, 0.25) is 0 Å². The van der Waals surface area contributed by atoms with Crippen LogP contribution >= 0.6 is 0 Å². The second-order valence-electron chi connectivity index (χ2n) is 2.82. The SMILES string of the molecule is CC(=O)O.CC(=O)O.CC(=O)O.NCCNCCO.[H-].[K+]. The molecule has 0 rings (SSSR count). The first kappa shape index (κ1) is 32.0. The van der Waals surface area contributed by atoms with Gasteiger partial charge in [0.2, 0.25) is 0 Å². The van der Waals surface area contributed by atoms with Crippen LogP contribution in [0.15, 0.2) is 0 Å². The van der Waals surface area contributed by atoms with Crippen LogP contribution in [0, 0.1) is 0 Å². The molecular weight excluding hydrogens is 299 g/mol. The molecule has 0 aromatic carbocycles. The third-order valence-electron chi connectivity index (χ3n) is 0.610. The summed E-state index contributed by atoms with van der Waals surface area (Å²) in [5, 5.41) is 33.3. The number of carboxylic acid groups (broad SMARTS) is 3. The summed E-state index contributed by atoms with van der Waals surface area (Å²) in [6.45, 7) is 5.53. The average Bonchev–Trinajstić information content (AvgIpc) is 2.15. The van der Waals surface area contributed by atoms with Gasteiger partial charge in [-0.2, -0.15) is 0 Å². The minimum atomic E-state index is -0.833. The summed E-state index contributed by atoms with van der Waals surface area (Å²) in [7, 11) is 0. The van der Waals surface area contributed by atoms with Crippen molar-refractivity contribution in [1.29, 1.82) is 0 Å². The van der Waals surface area contributed by atoms with E-state index in [2.05, 4.69) is 5.32 Å². The van der Waals surface area contributed by atoms with Crippen LogP contribution in [0.3, 0.4) is 0 Å². The Morgan fingerprint density at radius 2 is 1.20 bits per heavy atom. The molecule has 10 heteroatoms. The minimum Gasteiger partial charge on any atom is -1.00 e. The van der Waals surface area contributed by atoms with Gasteiger partial charge in [-0.25, -0.2) is 0 Å². The van der Waals surface area contributed by atoms with Crippen molar-refractivity contribution < 1.29 is 87.6 Å². The summed E-state index contributed by atoms with van der Waals surface area (Å²) >= 11 is 0.